The number of nitrogens with one attached hydrogen (secondary N) is 1. The van der Waals surface area contributed by atoms with Crippen molar-refractivity contribution in [2.75, 3.05) is 5.32 Å². The molecule has 0 aliphatic heterocycles. The Labute approximate surface area is 177 Å². The van der Waals surface area contributed by atoms with Gasteiger partial charge in [-0.3, -0.25) is 4.79 Å². The van der Waals surface area contributed by atoms with Crippen LogP contribution in [-0.2, 0) is 6.42 Å². The number of rotatable bonds is 6. The van der Waals surface area contributed by atoms with E-state index in [1.54, 1.807) is 0 Å². The highest BCUT2D eigenvalue weighted by atomic mass is 16.3. The molecule has 0 aromatic heterocycles. The third-order valence-electron chi connectivity index (χ3n) is 5.91. The molecule has 1 aliphatic rings. The van der Waals surface area contributed by atoms with Crippen molar-refractivity contribution in [3.8, 4) is 11.1 Å². The summed E-state index contributed by atoms with van der Waals surface area (Å²) in [5, 5.41) is 13.3. The quantitative estimate of drug-likeness (QED) is 0.558. The highest BCUT2D eigenvalue weighted by Gasteiger charge is 2.21. The first-order valence-electron chi connectivity index (χ1n) is 10.6. The normalized spacial score (nSPS) is 18.7. The van der Waals surface area contributed by atoms with Gasteiger partial charge in [-0.1, -0.05) is 60.7 Å². The second-order valence-electron chi connectivity index (χ2n) is 8.09. The van der Waals surface area contributed by atoms with Crippen molar-refractivity contribution in [1.82, 2.24) is 0 Å². The van der Waals surface area contributed by atoms with Gasteiger partial charge in [0.2, 0.25) is 0 Å². The van der Waals surface area contributed by atoms with Gasteiger partial charge in [0, 0.05) is 11.7 Å². The van der Waals surface area contributed by atoms with Crippen LogP contribution in [-0.4, -0.2) is 23.2 Å². The topological polar surface area (TPSA) is 75.4 Å². The SMILES string of the molecule is NC(=O)c1ccc(-c2ccccc2Cc2ccccc2)cc1NC1CCC(O)CC1. The lowest BCUT2D eigenvalue weighted by Gasteiger charge is -2.28. The number of nitrogens with two attached hydrogens (primary N) is 1. The highest BCUT2D eigenvalue weighted by molar-refractivity contribution is 5.99. The molecule has 0 unspecified atom stereocenters. The van der Waals surface area contributed by atoms with Crippen molar-refractivity contribution in [2.24, 2.45) is 5.73 Å². The van der Waals surface area contributed by atoms with E-state index in [4.69, 9.17) is 5.73 Å². The van der Waals surface area contributed by atoms with E-state index in [2.05, 4.69) is 47.8 Å². The molecule has 0 spiro atoms. The second kappa shape index (κ2) is 9.14. The van der Waals surface area contributed by atoms with Crippen molar-refractivity contribution in [1.29, 1.82) is 0 Å². The minimum Gasteiger partial charge on any atom is -0.393 e. The summed E-state index contributed by atoms with van der Waals surface area (Å²) in [6.45, 7) is 0. The standard InChI is InChI=1S/C26H28N2O2/c27-26(30)24-15-10-20(17-25(24)28-21-11-13-22(29)14-12-21)23-9-5-4-8-19(23)16-18-6-2-1-3-7-18/h1-10,15,17,21-22,28-29H,11-14,16H2,(H2,27,30). The van der Waals surface area contributed by atoms with Gasteiger partial charge >= 0.3 is 0 Å². The van der Waals surface area contributed by atoms with Gasteiger partial charge in [0.15, 0.2) is 0 Å². The summed E-state index contributed by atoms with van der Waals surface area (Å²) in [5.74, 6) is -0.433. The van der Waals surface area contributed by atoms with Gasteiger partial charge in [-0.25, -0.2) is 0 Å². The summed E-state index contributed by atoms with van der Waals surface area (Å²) < 4.78 is 0. The largest absolute Gasteiger partial charge is 0.393 e. The fraction of sp³-hybridized carbons (Fsp3) is 0.269. The van der Waals surface area contributed by atoms with Gasteiger partial charge in [0.25, 0.3) is 5.91 Å². The number of amides is 1. The van der Waals surface area contributed by atoms with Gasteiger partial charge in [0.05, 0.1) is 11.7 Å². The number of primary amides is 1. The molecule has 1 amide bonds. The summed E-state index contributed by atoms with van der Waals surface area (Å²) in [4.78, 5) is 12.0. The van der Waals surface area contributed by atoms with E-state index < -0.39 is 5.91 Å². The fourth-order valence-electron chi connectivity index (χ4n) is 4.26. The van der Waals surface area contributed by atoms with Crippen molar-refractivity contribution in [3.63, 3.8) is 0 Å². The molecule has 0 bridgehead atoms. The fourth-order valence-corrected chi connectivity index (χ4v) is 4.26. The molecule has 0 radical (unpaired) electrons. The Balaban J connectivity index is 1.66. The van der Waals surface area contributed by atoms with E-state index in [9.17, 15) is 9.90 Å². The van der Waals surface area contributed by atoms with Crippen LogP contribution in [0.3, 0.4) is 0 Å². The van der Waals surface area contributed by atoms with Gasteiger partial charge in [-0.15, -0.1) is 0 Å². The Morgan fingerprint density at radius 1 is 0.933 bits per heavy atom. The number of hydrogen-bond acceptors (Lipinski definition) is 3. The maximum Gasteiger partial charge on any atom is 0.250 e. The molecule has 1 saturated carbocycles. The molecule has 3 aromatic carbocycles. The van der Waals surface area contributed by atoms with Crippen molar-refractivity contribution in [3.05, 3.63) is 89.5 Å². The van der Waals surface area contributed by atoms with E-state index in [-0.39, 0.29) is 12.1 Å². The van der Waals surface area contributed by atoms with E-state index in [1.165, 1.54) is 11.1 Å². The molecule has 4 N–H and O–H groups in total. The zero-order valence-electron chi connectivity index (χ0n) is 17.1. The summed E-state index contributed by atoms with van der Waals surface area (Å²) in [6.07, 6.45) is 3.96. The lowest BCUT2D eigenvalue weighted by atomic mass is 9.91. The van der Waals surface area contributed by atoms with Crippen LogP contribution in [0.2, 0.25) is 0 Å². The van der Waals surface area contributed by atoms with Gasteiger partial charge < -0.3 is 16.2 Å². The zero-order chi connectivity index (χ0) is 20.9. The minimum atomic E-state index is -0.433. The van der Waals surface area contributed by atoms with Crippen LogP contribution in [0.4, 0.5) is 5.69 Å². The molecular weight excluding hydrogens is 372 g/mol. The van der Waals surface area contributed by atoms with Crippen molar-refractivity contribution in [2.45, 2.75) is 44.2 Å². The lowest BCUT2D eigenvalue weighted by Crippen LogP contribution is -2.29. The third kappa shape index (κ3) is 4.71. The number of aliphatic hydroxyl groups excluding tert-OH is 1. The molecule has 4 nitrogen and oxygen atoms in total. The van der Waals surface area contributed by atoms with Gasteiger partial charge in [-0.2, -0.15) is 0 Å². The number of carbonyl (C=O) groups is 1. The number of carbonyl (C=O) groups excluding carboxylic acids is 1. The van der Waals surface area contributed by atoms with E-state index in [1.807, 2.05) is 30.3 Å². The molecule has 0 heterocycles. The smallest absolute Gasteiger partial charge is 0.250 e. The Morgan fingerprint density at radius 3 is 2.37 bits per heavy atom. The lowest BCUT2D eigenvalue weighted by molar-refractivity contribution is 0.100. The van der Waals surface area contributed by atoms with Crippen LogP contribution in [0.5, 0.6) is 0 Å². The molecule has 1 aliphatic carbocycles. The summed E-state index contributed by atoms with van der Waals surface area (Å²) >= 11 is 0. The van der Waals surface area contributed by atoms with Gasteiger partial charge in [-0.05, 0) is 66.5 Å². The van der Waals surface area contributed by atoms with Crippen LogP contribution in [0.25, 0.3) is 11.1 Å². The van der Waals surface area contributed by atoms with E-state index >= 15 is 0 Å². The summed E-state index contributed by atoms with van der Waals surface area (Å²) in [7, 11) is 0. The molecule has 1 fully saturated rings. The second-order valence-corrected chi connectivity index (χ2v) is 8.09. The van der Waals surface area contributed by atoms with Crippen LogP contribution in [0, 0.1) is 0 Å². The van der Waals surface area contributed by atoms with Crippen molar-refractivity contribution < 1.29 is 9.90 Å². The monoisotopic (exact) mass is 400 g/mol. The summed E-state index contributed by atoms with van der Waals surface area (Å²) in [6, 6.07) is 24.9. The van der Waals surface area contributed by atoms with Crippen LogP contribution in [0.15, 0.2) is 72.8 Å². The third-order valence-corrected chi connectivity index (χ3v) is 5.91. The highest BCUT2D eigenvalue weighted by Crippen LogP contribution is 2.31. The molecule has 4 rings (SSSR count). The van der Waals surface area contributed by atoms with Crippen LogP contribution < -0.4 is 11.1 Å². The summed E-state index contributed by atoms with van der Waals surface area (Å²) in [5.41, 5.74) is 11.6. The van der Waals surface area contributed by atoms with E-state index in [0.717, 1.165) is 48.9 Å². The minimum absolute atomic E-state index is 0.213. The molecule has 0 atom stereocenters. The van der Waals surface area contributed by atoms with Crippen LogP contribution in [0.1, 0.15) is 47.2 Å². The number of aliphatic hydroxyl groups is 1. The molecule has 3 aromatic rings. The van der Waals surface area contributed by atoms with Gasteiger partial charge in [0.1, 0.15) is 0 Å². The first-order valence-corrected chi connectivity index (χ1v) is 10.6. The zero-order valence-corrected chi connectivity index (χ0v) is 17.1. The predicted octanol–water partition coefficient (Wildman–Crippen LogP) is 4.76. The Kier molecular flexibility index (Phi) is 6.15. The van der Waals surface area contributed by atoms with Crippen LogP contribution >= 0.6 is 0 Å². The van der Waals surface area contributed by atoms with Crippen molar-refractivity contribution >= 4 is 11.6 Å². The Bertz CT molecular complexity index is 1010. The number of benzene rings is 3. The molecule has 30 heavy (non-hydrogen) atoms. The predicted molar refractivity (Wildman–Crippen MR) is 122 cm³/mol. The number of anilines is 1. The molecule has 154 valence electrons. The first kappa shape index (κ1) is 20.2. The average molecular weight is 401 g/mol. The Hall–Kier alpha value is -3.11. The molecular formula is C26H28N2O2. The maximum absolute atomic E-state index is 12.0. The number of hydrogen-bond donors (Lipinski definition) is 3. The molecule has 4 heteroatoms. The average Bonchev–Trinajstić information content (AvgIpc) is 2.76. The first-order chi connectivity index (χ1) is 14.6. The van der Waals surface area contributed by atoms with E-state index in [0.29, 0.717) is 5.56 Å². The molecule has 0 saturated heterocycles. The Morgan fingerprint density at radius 2 is 1.63 bits per heavy atom. The maximum atomic E-state index is 12.0.